The molecular weight excluding hydrogens is 264 g/mol. The first-order valence-electron chi connectivity index (χ1n) is 8.07. The standard InChI is InChI=1S/C17H28N2O2/c1-4-19(5-2)11-10-18-14(3)6-7-15-8-9-16-17(12-15)21-13-20-16/h8-9,12,14,18H,4-7,10-11,13H2,1-3H3. The predicted molar refractivity (Wildman–Crippen MR) is 86.1 cm³/mol. The first-order valence-corrected chi connectivity index (χ1v) is 8.07. The summed E-state index contributed by atoms with van der Waals surface area (Å²) in [5, 5.41) is 3.61. The molecule has 0 radical (unpaired) electrons. The molecule has 118 valence electrons. The second-order valence-electron chi connectivity index (χ2n) is 5.61. The molecule has 1 aromatic rings. The molecule has 0 fully saturated rings. The Morgan fingerprint density at radius 2 is 1.95 bits per heavy atom. The fourth-order valence-electron chi connectivity index (χ4n) is 2.59. The average molecular weight is 292 g/mol. The van der Waals surface area contributed by atoms with Crippen molar-refractivity contribution in [3.8, 4) is 11.5 Å². The molecule has 0 aliphatic carbocycles. The van der Waals surface area contributed by atoms with Crippen molar-refractivity contribution in [1.29, 1.82) is 0 Å². The number of aryl methyl sites for hydroxylation is 1. The molecule has 2 rings (SSSR count). The van der Waals surface area contributed by atoms with Crippen molar-refractivity contribution in [1.82, 2.24) is 10.2 Å². The van der Waals surface area contributed by atoms with Gasteiger partial charge in [-0.25, -0.2) is 0 Å². The molecular formula is C17H28N2O2. The Labute approximate surface area is 128 Å². The van der Waals surface area contributed by atoms with Crippen molar-refractivity contribution in [2.24, 2.45) is 0 Å². The van der Waals surface area contributed by atoms with Crippen molar-refractivity contribution in [3.63, 3.8) is 0 Å². The van der Waals surface area contributed by atoms with E-state index in [4.69, 9.17) is 9.47 Å². The van der Waals surface area contributed by atoms with Crippen LogP contribution in [0, 0.1) is 0 Å². The number of ether oxygens (including phenoxy) is 2. The van der Waals surface area contributed by atoms with E-state index in [-0.39, 0.29) is 0 Å². The maximum Gasteiger partial charge on any atom is 0.231 e. The molecule has 4 nitrogen and oxygen atoms in total. The van der Waals surface area contributed by atoms with Crippen LogP contribution in [0.15, 0.2) is 18.2 Å². The zero-order chi connectivity index (χ0) is 15.1. The van der Waals surface area contributed by atoms with E-state index in [1.807, 2.05) is 6.07 Å². The van der Waals surface area contributed by atoms with Gasteiger partial charge >= 0.3 is 0 Å². The van der Waals surface area contributed by atoms with Gasteiger partial charge in [0.15, 0.2) is 11.5 Å². The minimum Gasteiger partial charge on any atom is -0.454 e. The summed E-state index contributed by atoms with van der Waals surface area (Å²) in [6, 6.07) is 6.78. The Bertz CT molecular complexity index is 433. The van der Waals surface area contributed by atoms with Gasteiger partial charge in [0.2, 0.25) is 6.79 Å². The maximum atomic E-state index is 5.42. The number of hydrogen-bond acceptors (Lipinski definition) is 4. The van der Waals surface area contributed by atoms with E-state index in [1.54, 1.807) is 0 Å². The average Bonchev–Trinajstić information content (AvgIpc) is 2.97. The van der Waals surface area contributed by atoms with Crippen LogP contribution >= 0.6 is 0 Å². The lowest BCUT2D eigenvalue weighted by molar-refractivity contribution is 0.174. The molecule has 1 aliphatic rings. The van der Waals surface area contributed by atoms with Gasteiger partial charge in [0.1, 0.15) is 0 Å². The van der Waals surface area contributed by atoms with Gasteiger partial charge in [-0.1, -0.05) is 19.9 Å². The third-order valence-corrected chi connectivity index (χ3v) is 4.12. The molecule has 0 bridgehead atoms. The number of hydrogen-bond donors (Lipinski definition) is 1. The third kappa shape index (κ3) is 4.90. The minimum atomic E-state index is 0.349. The van der Waals surface area contributed by atoms with Crippen LogP contribution in [-0.2, 0) is 6.42 Å². The molecule has 4 heteroatoms. The molecule has 21 heavy (non-hydrogen) atoms. The second-order valence-corrected chi connectivity index (χ2v) is 5.61. The molecule has 0 saturated carbocycles. The summed E-state index contributed by atoms with van der Waals surface area (Å²) in [5.74, 6) is 1.75. The molecule has 0 aromatic heterocycles. The smallest absolute Gasteiger partial charge is 0.231 e. The topological polar surface area (TPSA) is 33.7 Å². The summed E-state index contributed by atoms with van der Waals surface area (Å²) in [4.78, 5) is 2.44. The zero-order valence-electron chi connectivity index (χ0n) is 13.5. The van der Waals surface area contributed by atoms with Crippen LogP contribution in [0.3, 0.4) is 0 Å². The van der Waals surface area contributed by atoms with Gasteiger partial charge in [0.05, 0.1) is 0 Å². The Kier molecular flexibility index (Phi) is 6.33. The molecule has 0 spiro atoms. The van der Waals surface area contributed by atoms with Gasteiger partial charge in [0.25, 0.3) is 0 Å². The molecule has 1 aliphatic heterocycles. The van der Waals surface area contributed by atoms with E-state index in [2.05, 4.69) is 43.1 Å². The summed E-state index contributed by atoms with van der Waals surface area (Å²) in [6.45, 7) is 11.5. The Balaban J connectivity index is 1.68. The van der Waals surface area contributed by atoms with Gasteiger partial charge in [0, 0.05) is 19.1 Å². The molecule has 0 amide bonds. The molecule has 1 atom stereocenters. The number of nitrogens with zero attached hydrogens (tertiary/aromatic N) is 1. The van der Waals surface area contributed by atoms with E-state index in [0.29, 0.717) is 12.8 Å². The quantitative estimate of drug-likeness (QED) is 0.759. The number of nitrogens with one attached hydrogen (secondary N) is 1. The van der Waals surface area contributed by atoms with Crippen LogP contribution in [0.1, 0.15) is 32.8 Å². The van der Waals surface area contributed by atoms with Gasteiger partial charge in [-0.15, -0.1) is 0 Å². The van der Waals surface area contributed by atoms with Crippen LogP contribution < -0.4 is 14.8 Å². The minimum absolute atomic E-state index is 0.349. The monoisotopic (exact) mass is 292 g/mol. The van der Waals surface area contributed by atoms with Crippen LogP contribution in [-0.4, -0.2) is 43.9 Å². The van der Waals surface area contributed by atoms with E-state index in [0.717, 1.165) is 50.5 Å². The number of benzene rings is 1. The van der Waals surface area contributed by atoms with Gasteiger partial charge < -0.3 is 19.7 Å². The Morgan fingerprint density at radius 3 is 2.71 bits per heavy atom. The molecule has 0 saturated heterocycles. The van der Waals surface area contributed by atoms with E-state index >= 15 is 0 Å². The Hall–Kier alpha value is -1.26. The van der Waals surface area contributed by atoms with Gasteiger partial charge in [-0.3, -0.25) is 0 Å². The fraction of sp³-hybridized carbons (Fsp3) is 0.647. The fourth-order valence-corrected chi connectivity index (χ4v) is 2.59. The van der Waals surface area contributed by atoms with E-state index in [9.17, 15) is 0 Å². The van der Waals surface area contributed by atoms with Gasteiger partial charge in [-0.2, -0.15) is 0 Å². The molecule has 1 unspecified atom stereocenters. The van der Waals surface area contributed by atoms with E-state index in [1.165, 1.54) is 5.56 Å². The molecule has 1 N–H and O–H groups in total. The van der Waals surface area contributed by atoms with Crippen molar-refractivity contribution >= 4 is 0 Å². The van der Waals surface area contributed by atoms with Crippen molar-refractivity contribution in [3.05, 3.63) is 23.8 Å². The highest BCUT2D eigenvalue weighted by Gasteiger charge is 2.13. The molecule has 1 aromatic carbocycles. The SMILES string of the molecule is CCN(CC)CCNC(C)CCc1ccc2c(c1)OCO2. The normalized spacial score (nSPS) is 14.7. The predicted octanol–water partition coefficient (Wildman–Crippen LogP) is 2.67. The highest BCUT2D eigenvalue weighted by molar-refractivity contribution is 5.44. The second kappa shape index (κ2) is 8.25. The highest BCUT2D eigenvalue weighted by atomic mass is 16.7. The van der Waals surface area contributed by atoms with Crippen molar-refractivity contribution in [2.75, 3.05) is 33.0 Å². The third-order valence-electron chi connectivity index (χ3n) is 4.12. The van der Waals surface area contributed by atoms with Crippen LogP contribution in [0.2, 0.25) is 0 Å². The first kappa shape index (κ1) is 16.1. The van der Waals surface area contributed by atoms with Crippen LogP contribution in [0.4, 0.5) is 0 Å². The lowest BCUT2D eigenvalue weighted by Gasteiger charge is -2.20. The molecule has 1 heterocycles. The lowest BCUT2D eigenvalue weighted by atomic mass is 10.1. The zero-order valence-corrected chi connectivity index (χ0v) is 13.5. The van der Waals surface area contributed by atoms with Gasteiger partial charge in [-0.05, 0) is 50.6 Å². The summed E-state index contributed by atoms with van der Waals surface area (Å²) in [7, 11) is 0. The van der Waals surface area contributed by atoms with Crippen molar-refractivity contribution in [2.45, 2.75) is 39.7 Å². The lowest BCUT2D eigenvalue weighted by Crippen LogP contribution is -2.36. The number of fused-ring (bicyclic) bond motifs is 1. The largest absolute Gasteiger partial charge is 0.454 e. The summed E-state index contributed by atoms with van der Waals surface area (Å²) >= 11 is 0. The van der Waals surface area contributed by atoms with Crippen LogP contribution in [0.25, 0.3) is 0 Å². The number of likely N-dealkylation sites (N-methyl/N-ethyl adjacent to an activating group) is 1. The van der Waals surface area contributed by atoms with Crippen molar-refractivity contribution < 1.29 is 9.47 Å². The maximum absolute atomic E-state index is 5.42. The summed E-state index contributed by atoms with van der Waals surface area (Å²) < 4.78 is 10.8. The Morgan fingerprint density at radius 1 is 1.19 bits per heavy atom. The van der Waals surface area contributed by atoms with Crippen LogP contribution in [0.5, 0.6) is 11.5 Å². The first-order chi connectivity index (χ1) is 10.2. The highest BCUT2D eigenvalue weighted by Crippen LogP contribution is 2.32. The summed E-state index contributed by atoms with van der Waals surface area (Å²) in [6.07, 6.45) is 2.20. The number of rotatable bonds is 9. The summed E-state index contributed by atoms with van der Waals surface area (Å²) in [5.41, 5.74) is 1.32. The van der Waals surface area contributed by atoms with E-state index < -0.39 is 0 Å².